The second-order valence-corrected chi connectivity index (χ2v) is 4.23. The Morgan fingerprint density at radius 2 is 2.35 bits per heavy atom. The lowest BCUT2D eigenvalue weighted by Gasteiger charge is -2.27. The highest BCUT2D eigenvalue weighted by molar-refractivity contribution is 5.78. The van der Waals surface area contributed by atoms with Crippen LogP contribution in [0.1, 0.15) is 13.3 Å². The molecule has 0 spiro atoms. The maximum atomic E-state index is 7.35. The second-order valence-electron chi connectivity index (χ2n) is 4.23. The van der Waals surface area contributed by atoms with Gasteiger partial charge in [-0.15, -0.1) is 0 Å². The summed E-state index contributed by atoms with van der Waals surface area (Å²) in [4.78, 5) is 6.36. The van der Waals surface area contributed by atoms with Crippen LogP contribution in [0, 0.1) is 5.41 Å². The van der Waals surface area contributed by atoms with Gasteiger partial charge in [0.1, 0.15) is 11.5 Å². The lowest BCUT2D eigenvalue weighted by Crippen LogP contribution is -2.33. The number of aromatic nitrogens is 2. The van der Waals surface area contributed by atoms with Gasteiger partial charge < -0.3 is 10.6 Å². The van der Waals surface area contributed by atoms with Crippen LogP contribution >= 0.6 is 0 Å². The number of imidazole rings is 1. The van der Waals surface area contributed by atoms with Crippen LogP contribution in [0.3, 0.4) is 0 Å². The number of amidine groups is 1. The maximum absolute atomic E-state index is 7.35. The fraction of sp³-hybridized carbons (Fsp3) is 0.333. The zero-order chi connectivity index (χ0) is 12.4. The molecular weight excluding hydrogens is 214 g/mol. The first-order valence-electron chi connectivity index (χ1n) is 5.57. The van der Waals surface area contributed by atoms with Gasteiger partial charge in [-0.2, -0.15) is 0 Å². The Bertz CT molecular complexity index is 530. The summed E-state index contributed by atoms with van der Waals surface area (Å²) in [5.41, 5.74) is 6.36. The number of hydrogen-bond acceptors (Lipinski definition) is 3. The summed E-state index contributed by atoms with van der Waals surface area (Å²) in [5, 5.41) is 7.35. The Kier molecular flexibility index (Phi) is 2.99. The Labute approximate surface area is 100 Å². The maximum Gasteiger partial charge on any atom is 0.138 e. The van der Waals surface area contributed by atoms with E-state index >= 15 is 0 Å². The third-order valence-electron chi connectivity index (χ3n) is 2.94. The minimum absolute atomic E-state index is 0.181. The van der Waals surface area contributed by atoms with Crippen molar-refractivity contribution in [3.63, 3.8) is 0 Å². The van der Waals surface area contributed by atoms with Gasteiger partial charge in [-0.3, -0.25) is 9.81 Å². The molecule has 5 heteroatoms. The molecule has 0 saturated carbocycles. The van der Waals surface area contributed by atoms with Crippen LogP contribution < -0.4 is 10.6 Å². The predicted molar refractivity (Wildman–Crippen MR) is 69.6 cm³/mol. The Balaban J connectivity index is 2.32. The van der Waals surface area contributed by atoms with Gasteiger partial charge in [0.15, 0.2) is 0 Å². The number of nitrogens with zero attached hydrogens (tertiary/aromatic N) is 3. The standard InChI is InChI=1S/C12H17N5/c1-9(8-10(13)14)16(2)12-5-3-4-11-15-6-7-17(11)12/h3-7,9H,8H2,1-2H3,(H3,13,14). The molecule has 2 heterocycles. The summed E-state index contributed by atoms with van der Waals surface area (Å²) >= 11 is 0. The molecule has 0 aliphatic heterocycles. The smallest absolute Gasteiger partial charge is 0.138 e. The van der Waals surface area contributed by atoms with Crippen LogP contribution in [0.15, 0.2) is 30.6 Å². The van der Waals surface area contributed by atoms with Crippen molar-refractivity contribution in [1.82, 2.24) is 9.38 Å². The van der Waals surface area contributed by atoms with E-state index in [1.165, 1.54) is 0 Å². The molecule has 17 heavy (non-hydrogen) atoms. The Hall–Kier alpha value is -2.04. The van der Waals surface area contributed by atoms with Crippen molar-refractivity contribution in [2.45, 2.75) is 19.4 Å². The molecule has 1 unspecified atom stereocenters. The van der Waals surface area contributed by atoms with Gasteiger partial charge in [0.05, 0.1) is 5.84 Å². The normalized spacial score (nSPS) is 12.6. The second kappa shape index (κ2) is 4.45. The largest absolute Gasteiger partial charge is 0.388 e. The van der Waals surface area contributed by atoms with Crippen molar-refractivity contribution < 1.29 is 0 Å². The SMILES string of the molecule is CC(CC(=N)N)N(C)c1cccc2nccn12. The number of fused-ring (bicyclic) bond motifs is 1. The fourth-order valence-corrected chi connectivity index (χ4v) is 1.90. The molecule has 3 N–H and O–H groups in total. The zero-order valence-corrected chi connectivity index (χ0v) is 10.1. The highest BCUT2D eigenvalue weighted by atomic mass is 15.2. The first kappa shape index (κ1) is 11.4. The molecule has 0 aliphatic rings. The van der Waals surface area contributed by atoms with E-state index in [0.29, 0.717) is 6.42 Å². The molecule has 2 rings (SSSR count). The molecule has 1 atom stereocenters. The molecule has 0 bridgehead atoms. The molecule has 0 saturated heterocycles. The van der Waals surface area contributed by atoms with E-state index in [1.54, 1.807) is 6.20 Å². The monoisotopic (exact) mass is 231 g/mol. The van der Waals surface area contributed by atoms with E-state index in [2.05, 4.69) is 16.8 Å². The van der Waals surface area contributed by atoms with Crippen molar-refractivity contribution in [2.24, 2.45) is 5.73 Å². The van der Waals surface area contributed by atoms with E-state index in [-0.39, 0.29) is 11.9 Å². The van der Waals surface area contributed by atoms with Gasteiger partial charge in [0.2, 0.25) is 0 Å². The molecule has 0 aromatic carbocycles. The zero-order valence-electron chi connectivity index (χ0n) is 10.1. The van der Waals surface area contributed by atoms with E-state index in [9.17, 15) is 0 Å². The van der Waals surface area contributed by atoms with Crippen LogP contribution in [0.25, 0.3) is 5.65 Å². The van der Waals surface area contributed by atoms with Gasteiger partial charge in [-0.25, -0.2) is 4.98 Å². The lowest BCUT2D eigenvalue weighted by molar-refractivity contribution is 0.696. The Morgan fingerprint density at radius 1 is 1.59 bits per heavy atom. The molecule has 2 aromatic heterocycles. The van der Waals surface area contributed by atoms with E-state index < -0.39 is 0 Å². The molecule has 0 fully saturated rings. The average Bonchev–Trinajstić information content (AvgIpc) is 2.74. The summed E-state index contributed by atoms with van der Waals surface area (Å²) in [6, 6.07) is 6.16. The minimum atomic E-state index is 0.181. The lowest BCUT2D eigenvalue weighted by atomic mass is 10.2. The number of pyridine rings is 1. The van der Waals surface area contributed by atoms with Crippen LogP contribution in [0.4, 0.5) is 5.82 Å². The Morgan fingerprint density at radius 3 is 3.06 bits per heavy atom. The van der Waals surface area contributed by atoms with Crippen LogP contribution in [-0.4, -0.2) is 28.3 Å². The van der Waals surface area contributed by atoms with Gasteiger partial charge in [-0.05, 0) is 19.1 Å². The number of nitrogens with two attached hydrogens (primary N) is 1. The number of nitrogens with one attached hydrogen (secondary N) is 1. The quantitative estimate of drug-likeness (QED) is 0.618. The van der Waals surface area contributed by atoms with Gasteiger partial charge in [0.25, 0.3) is 0 Å². The van der Waals surface area contributed by atoms with Crippen LogP contribution in [0.5, 0.6) is 0 Å². The molecule has 0 amide bonds. The summed E-state index contributed by atoms with van der Waals surface area (Å²) in [6.07, 6.45) is 4.27. The molecule has 90 valence electrons. The average molecular weight is 231 g/mol. The summed E-state index contributed by atoms with van der Waals surface area (Å²) in [6.45, 7) is 2.05. The molecule has 0 aliphatic carbocycles. The molecule has 0 radical (unpaired) electrons. The third-order valence-corrected chi connectivity index (χ3v) is 2.94. The molecule has 5 nitrogen and oxygen atoms in total. The molecular formula is C12H17N5. The first-order chi connectivity index (χ1) is 8.09. The van der Waals surface area contributed by atoms with Gasteiger partial charge in [-0.1, -0.05) is 6.07 Å². The van der Waals surface area contributed by atoms with Crippen molar-refractivity contribution in [1.29, 1.82) is 5.41 Å². The van der Waals surface area contributed by atoms with Gasteiger partial charge in [0, 0.05) is 31.9 Å². The topological polar surface area (TPSA) is 70.4 Å². The van der Waals surface area contributed by atoms with Crippen LogP contribution in [-0.2, 0) is 0 Å². The van der Waals surface area contributed by atoms with Crippen molar-refractivity contribution >= 4 is 17.3 Å². The number of hydrogen-bond donors (Lipinski definition) is 2. The third kappa shape index (κ3) is 2.22. The van der Waals surface area contributed by atoms with Crippen LogP contribution in [0.2, 0.25) is 0 Å². The van der Waals surface area contributed by atoms with Crippen molar-refractivity contribution in [3.8, 4) is 0 Å². The first-order valence-corrected chi connectivity index (χ1v) is 5.57. The summed E-state index contributed by atoms with van der Waals surface area (Å²) < 4.78 is 2.02. The molecule has 2 aromatic rings. The number of rotatable bonds is 4. The van der Waals surface area contributed by atoms with Gasteiger partial charge >= 0.3 is 0 Å². The minimum Gasteiger partial charge on any atom is -0.388 e. The highest BCUT2D eigenvalue weighted by Gasteiger charge is 2.13. The highest BCUT2D eigenvalue weighted by Crippen LogP contribution is 2.18. The van der Waals surface area contributed by atoms with E-state index in [1.807, 2.05) is 35.8 Å². The van der Waals surface area contributed by atoms with E-state index in [4.69, 9.17) is 11.1 Å². The predicted octanol–water partition coefficient (Wildman–Crippen LogP) is 1.49. The fourth-order valence-electron chi connectivity index (χ4n) is 1.90. The summed E-state index contributed by atoms with van der Waals surface area (Å²) in [5.74, 6) is 1.26. The van der Waals surface area contributed by atoms with Crippen molar-refractivity contribution in [2.75, 3.05) is 11.9 Å². The van der Waals surface area contributed by atoms with Crippen molar-refractivity contribution in [3.05, 3.63) is 30.6 Å². The van der Waals surface area contributed by atoms with E-state index in [0.717, 1.165) is 11.5 Å². The number of anilines is 1. The summed E-state index contributed by atoms with van der Waals surface area (Å²) in [7, 11) is 2.00.